The average Bonchev–Trinajstić information content (AvgIpc) is 2.73. The lowest BCUT2D eigenvalue weighted by Gasteiger charge is -2.15. The van der Waals surface area contributed by atoms with E-state index in [2.05, 4.69) is 11.7 Å². The summed E-state index contributed by atoms with van der Waals surface area (Å²) in [5, 5.41) is 12.6. The van der Waals surface area contributed by atoms with E-state index >= 15 is 0 Å². The topological polar surface area (TPSA) is 58.9 Å². The summed E-state index contributed by atoms with van der Waals surface area (Å²) in [5.41, 5.74) is -1.36. The first-order chi connectivity index (χ1) is 8.47. The molecule has 1 aromatic carbocycles. The van der Waals surface area contributed by atoms with Crippen molar-refractivity contribution >= 4 is 11.7 Å². The first-order valence-corrected chi connectivity index (χ1v) is 5.05. The van der Waals surface area contributed by atoms with Gasteiger partial charge in [-0.25, -0.2) is 13.6 Å². The van der Waals surface area contributed by atoms with Crippen molar-refractivity contribution in [2.75, 3.05) is 0 Å². The molecule has 1 atom stereocenters. The van der Waals surface area contributed by atoms with E-state index in [0.717, 1.165) is 24.3 Å². The molecule has 0 fully saturated rings. The van der Waals surface area contributed by atoms with E-state index in [9.17, 15) is 13.6 Å². The zero-order valence-corrected chi connectivity index (χ0v) is 9.19. The highest BCUT2D eigenvalue weighted by Gasteiger charge is 2.44. The van der Waals surface area contributed by atoms with Gasteiger partial charge in [0.2, 0.25) is 0 Å². The van der Waals surface area contributed by atoms with Gasteiger partial charge >= 0.3 is 5.97 Å². The molecule has 1 heterocycles. The highest BCUT2D eigenvalue weighted by atomic mass is 19.1. The number of halogens is 2. The molecule has 0 aromatic heterocycles. The Morgan fingerprint density at radius 2 is 2.06 bits per heavy atom. The Kier molecular flexibility index (Phi) is 2.86. The molecule has 0 saturated heterocycles. The molecule has 1 aliphatic rings. The number of carboxylic acids is 1. The fraction of sp³-hybridized carbons (Fsp3) is 0.167. The van der Waals surface area contributed by atoms with E-state index in [0.29, 0.717) is 0 Å². The number of carboxylic acid groups (broad SMARTS) is 1. The Labute approximate surface area is 101 Å². The second-order valence-electron chi connectivity index (χ2n) is 3.86. The summed E-state index contributed by atoms with van der Waals surface area (Å²) >= 11 is 0. The molecule has 6 heteroatoms. The van der Waals surface area contributed by atoms with Crippen molar-refractivity contribution in [2.45, 2.75) is 12.0 Å². The lowest BCUT2D eigenvalue weighted by Crippen LogP contribution is -2.36. The quantitative estimate of drug-likeness (QED) is 0.839. The van der Waals surface area contributed by atoms with Crippen molar-refractivity contribution < 1.29 is 23.5 Å². The van der Waals surface area contributed by atoms with E-state index < -0.39 is 23.2 Å². The highest BCUT2D eigenvalue weighted by Crippen LogP contribution is 2.28. The Morgan fingerprint density at radius 3 is 2.50 bits per heavy atom. The number of carbonyl (C=O) groups is 1. The molecule has 1 aliphatic heterocycles. The van der Waals surface area contributed by atoms with Crippen LogP contribution in [-0.2, 0) is 9.63 Å². The number of benzene rings is 1. The first kappa shape index (κ1) is 12.2. The molecular weight excluding hydrogens is 244 g/mol. The summed E-state index contributed by atoms with van der Waals surface area (Å²) < 4.78 is 26.1. The predicted molar refractivity (Wildman–Crippen MR) is 59.2 cm³/mol. The monoisotopic (exact) mass is 253 g/mol. The van der Waals surface area contributed by atoms with Crippen LogP contribution in [0.4, 0.5) is 8.78 Å². The zero-order chi connectivity index (χ0) is 13.3. The van der Waals surface area contributed by atoms with Crippen molar-refractivity contribution in [3.05, 3.63) is 48.1 Å². The molecule has 94 valence electrons. The molecule has 0 aliphatic carbocycles. The Bertz CT molecular complexity index is 536. The summed E-state index contributed by atoms with van der Waals surface area (Å²) in [6, 6.07) is 2.84. The summed E-state index contributed by atoms with van der Waals surface area (Å²) in [4.78, 5) is 15.9. The van der Waals surface area contributed by atoms with Gasteiger partial charge in [-0.15, -0.1) is 0 Å². The lowest BCUT2D eigenvalue weighted by molar-refractivity contribution is -0.156. The van der Waals surface area contributed by atoms with Crippen molar-refractivity contribution in [3.63, 3.8) is 0 Å². The number of hydrogen-bond donors (Lipinski definition) is 1. The van der Waals surface area contributed by atoms with Crippen LogP contribution in [0.1, 0.15) is 12.0 Å². The van der Waals surface area contributed by atoms with E-state index in [1.54, 1.807) is 0 Å². The summed E-state index contributed by atoms with van der Waals surface area (Å²) in [7, 11) is 0. The SMILES string of the molecule is C=CC1(C(=O)O)CC(c2cc(F)cc(F)c2)=NO1. The highest BCUT2D eigenvalue weighted by molar-refractivity contribution is 6.05. The molecule has 2 rings (SSSR count). The molecular formula is C12H9F2NO3. The van der Waals surface area contributed by atoms with Crippen molar-refractivity contribution in [1.29, 1.82) is 0 Å². The van der Waals surface area contributed by atoms with Crippen molar-refractivity contribution in [3.8, 4) is 0 Å². The number of oxime groups is 1. The van der Waals surface area contributed by atoms with Gasteiger partial charge < -0.3 is 9.94 Å². The third-order valence-electron chi connectivity index (χ3n) is 2.64. The van der Waals surface area contributed by atoms with Gasteiger partial charge in [0.05, 0.1) is 12.1 Å². The minimum atomic E-state index is -1.67. The summed E-state index contributed by atoms with van der Waals surface area (Å²) in [5.74, 6) is -2.79. The molecule has 1 aromatic rings. The van der Waals surface area contributed by atoms with Crippen LogP contribution >= 0.6 is 0 Å². The van der Waals surface area contributed by atoms with Crippen molar-refractivity contribution in [1.82, 2.24) is 0 Å². The number of nitrogens with zero attached hydrogens (tertiary/aromatic N) is 1. The smallest absolute Gasteiger partial charge is 0.355 e. The largest absolute Gasteiger partial charge is 0.478 e. The zero-order valence-electron chi connectivity index (χ0n) is 9.19. The van der Waals surface area contributed by atoms with Gasteiger partial charge in [0.1, 0.15) is 11.6 Å². The molecule has 4 nitrogen and oxygen atoms in total. The minimum absolute atomic E-state index is 0.130. The van der Waals surface area contributed by atoms with Gasteiger partial charge in [0, 0.05) is 11.6 Å². The van der Waals surface area contributed by atoms with Gasteiger partial charge in [-0.1, -0.05) is 11.7 Å². The van der Waals surface area contributed by atoms with E-state index in [1.807, 2.05) is 0 Å². The second kappa shape index (κ2) is 4.21. The molecule has 0 amide bonds. The number of aliphatic carboxylic acids is 1. The molecule has 1 N–H and O–H groups in total. The second-order valence-corrected chi connectivity index (χ2v) is 3.86. The van der Waals surface area contributed by atoms with Crippen LogP contribution in [0.25, 0.3) is 0 Å². The van der Waals surface area contributed by atoms with Gasteiger partial charge in [-0.2, -0.15) is 0 Å². The van der Waals surface area contributed by atoms with Crippen LogP contribution in [0.5, 0.6) is 0 Å². The van der Waals surface area contributed by atoms with Gasteiger partial charge in [0.25, 0.3) is 5.60 Å². The third kappa shape index (κ3) is 1.97. The Hall–Kier alpha value is -2.24. The van der Waals surface area contributed by atoms with Gasteiger partial charge in [-0.05, 0) is 18.2 Å². The van der Waals surface area contributed by atoms with Crippen LogP contribution < -0.4 is 0 Å². The molecule has 0 bridgehead atoms. The van der Waals surface area contributed by atoms with E-state index in [-0.39, 0.29) is 17.7 Å². The normalized spacial score (nSPS) is 22.2. The fourth-order valence-corrected chi connectivity index (χ4v) is 1.64. The molecule has 18 heavy (non-hydrogen) atoms. The van der Waals surface area contributed by atoms with Crippen LogP contribution in [0.2, 0.25) is 0 Å². The fourth-order valence-electron chi connectivity index (χ4n) is 1.64. The number of hydrogen-bond acceptors (Lipinski definition) is 3. The van der Waals surface area contributed by atoms with Crippen LogP contribution in [-0.4, -0.2) is 22.4 Å². The van der Waals surface area contributed by atoms with Crippen LogP contribution in [0.3, 0.4) is 0 Å². The van der Waals surface area contributed by atoms with E-state index in [1.165, 1.54) is 0 Å². The standard InChI is InChI=1S/C12H9F2NO3/c1-2-12(11(16)17)6-10(15-18-12)7-3-8(13)5-9(14)4-7/h2-5H,1,6H2,(H,16,17). The van der Waals surface area contributed by atoms with E-state index in [4.69, 9.17) is 9.94 Å². The summed E-state index contributed by atoms with van der Waals surface area (Å²) in [6.07, 6.45) is 0.968. The lowest BCUT2D eigenvalue weighted by atomic mass is 9.94. The minimum Gasteiger partial charge on any atom is -0.478 e. The molecule has 1 unspecified atom stereocenters. The summed E-state index contributed by atoms with van der Waals surface area (Å²) in [6.45, 7) is 3.37. The maximum atomic E-state index is 13.0. The molecule has 0 spiro atoms. The molecule has 0 saturated carbocycles. The Balaban J connectivity index is 2.33. The maximum Gasteiger partial charge on any atom is 0.355 e. The number of rotatable bonds is 3. The van der Waals surface area contributed by atoms with Crippen LogP contribution in [0, 0.1) is 11.6 Å². The molecule has 0 radical (unpaired) electrons. The first-order valence-electron chi connectivity index (χ1n) is 5.05. The van der Waals surface area contributed by atoms with Gasteiger partial charge in [0.15, 0.2) is 0 Å². The van der Waals surface area contributed by atoms with Gasteiger partial charge in [-0.3, -0.25) is 0 Å². The Morgan fingerprint density at radius 1 is 1.44 bits per heavy atom. The van der Waals surface area contributed by atoms with Crippen LogP contribution in [0.15, 0.2) is 36.0 Å². The van der Waals surface area contributed by atoms with Crippen molar-refractivity contribution in [2.24, 2.45) is 5.16 Å². The maximum absolute atomic E-state index is 13.0. The average molecular weight is 253 g/mol. The third-order valence-corrected chi connectivity index (χ3v) is 2.64. The predicted octanol–water partition coefficient (Wildman–Crippen LogP) is 2.10.